The molecule has 0 aliphatic carbocycles. The van der Waals surface area contributed by atoms with Crippen LogP contribution >= 0.6 is 0 Å². The SMILES string of the molecule is Cc1cccc(Nc2ccc([C@H]3CCCN(C(=O)c4cn(C)nc4C)C3)nc2)n1. The molecular formula is C22H26N6O. The van der Waals surface area contributed by atoms with E-state index in [0.29, 0.717) is 12.1 Å². The van der Waals surface area contributed by atoms with E-state index < -0.39 is 0 Å². The minimum atomic E-state index is 0.0594. The highest BCUT2D eigenvalue weighted by Crippen LogP contribution is 2.28. The summed E-state index contributed by atoms with van der Waals surface area (Å²) in [6.07, 6.45) is 5.66. The van der Waals surface area contributed by atoms with Crippen molar-refractivity contribution in [3.8, 4) is 0 Å². The Morgan fingerprint density at radius 3 is 2.76 bits per heavy atom. The largest absolute Gasteiger partial charge is 0.339 e. The van der Waals surface area contributed by atoms with Crippen LogP contribution in [0.25, 0.3) is 0 Å². The number of rotatable bonds is 4. The highest BCUT2D eigenvalue weighted by atomic mass is 16.2. The molecule has 7 heteroatoms. The molecule has 0 saturated carbocycles. The zero-order chi connectivity index (χ0) is 20.4. The number of hydrogen-bond donors (Lipinski definition) is 1. The molecule has 150 valence electrons. The van der Waals surface area contributed by atoms with Crippen LogP contribution < -0.4 is 5.32 Å². The lowest BCUT2D eigenvalue weighted by molar-refractivity contribution is 0.0705. The second kappa shape index (κ2) is 8.03. The van der Waals surface area contributed by atoms with Crippen LogP contribution in [0.3, 0.4) is 0 Å². The van der Waals surface area contributed by atoms with Crippen LogP contribution in [0.15, 0.2) is 42.7 Å². The molecule has 3 aromatic rings. The third-order valence-electron chi connectivity index (χ3n) is 5.32. The average molecular weight is 390 g/mol. The maximum Gasteiger partial charge on any atom is 0.257 e. The van der Waals surface area contributed by atoms with E-state index in [9.17, 15) is 4.79 Å². The lowest BCUT2D eigenvalue weighted by atomic mass is 9.93. The van der Waals surface area contributed by atoms with Gasteiger partial charge in [-0.2, -0.15) is 5.10 Å². The van der Waals surface area contributed by atoms with Crippen molar-refractivity contribution >= 4 is 17.4 Å². The Hall–Kier alpha value is -3.22. The second-order valence-corrected chi connectivity index (χ2v) is 7.65. The maximum atomic E-state index is 12.9. The van der Waals surface area contributed by atoms with Gasteiger partial charge in [-0.25, -0.2) is 4.98 Å². The molecule has 1 saturated heterocycles. The standard InChI is InChI=1S/C22H26N6O/c1-15-6-4-8-21(24-15)25-18-9-10-20(23-12-18)17-7-5-11-28(13-17)22(29)19-14-27(3)26-16(19)2/h4,6,8-10,12,14,17H,5,7,11,13H2,1-3H3,(H,24,25)/t17-/m0/s1. The van der Waals surface area contributed by atoms with E-state index in [4.69, 9.17) is 0 Å². The van der Waals surface area contributed by atoms with Crippen LogP contribution in [-0.2, 0) is 7.05 Å². The first kappa shape index (κ1) is 19.1. The zero-order valence-electron chi connectivity index (χ0n) is 17.1. The van der Waals surface area contributed by atoms with Crippen LogP contribution in [0, 0.1) is 13.8 Å². The van der Waals surface area contributed by atoms with Crippen molar-refractivity contribution in [1.82, 2.24) is 24.6 Å². The van der Waals surface area contributed by atoms with Crippen molar-refractivity contribution in [2.75, 3.05) is 18.4 Å². The molecule has 0 bridgehead atoms. The molecule has 1 fully saturated rings. The number of nitrogens with zero attached hydrogens (tertiary/aromatic N) is 5. The highest BCUT2D eigenvalue weighted by molar-refractivity contribution is 5.95. The number of aromatic nitrogens is 4. The fraction of sp³-hybridized carbons (Fsp3) is 0.364. The summed E-state index contributed by atoms with van der Waals surface area (Å²) in [5.74, 6) is 1.11. The molecule has 0 radical (unpaired) electrons. The number of aryl methyl sites for hydroxylation is 3. The summed E-state index contributed by atoms with van der Waals surface area (Å²) < 4.78 is 1.69. The van der Waals surface area contributed by atoms with Gasteiger partial charge in [0.25, 0.3) is 5.91 Å². The van der Waals surface area contributed by atoms with E-state index in [2.05, 4.69) is 20.4 Å². The molecule has 1 atom stereocenters. The molecule has 29 heavy (non-hydrogen) atoms. The molecular weight excluding hydrogens is 364 g/mol. The average Bonchev–Trinajstić information content (AvgIpc) is 3.06. The van der Waals surface area contributed by atoms with E-state index in [1.807, 2.05) is 62.3 Å². The Morgan fingerprint density at radius 2 is 2.07 bits per heavy atom. The molecule has 1 aliphatic heterocycles. The third kappa shape index (κ3) is 4.29. The van der Waals surface area contributed by atoms with E-state index in [0.717, 1.165) is 48.0 Å². The first-order chi connectivity index (χ1) is 14.0. The summed E-state index contributed by atoms with van der Waals surface area (Å²) in [4.78, 5) is 24.0. The normalized spacial score (nSPS) is 16.7. The zero-order valence-corrected chi connectivity index (χ0v) is 17.1. The van der Waals surface area contributed by atoms with Crippen LogP contribution in [0.1, 0.15) is 46.2 Å². The Kier molecular flexibility index (Phi) is 5.29. The van der Waals surface area contributed by atoms with Crippen LogP contribution in [0.2, 0.25) is 0 Å². The van der Waals surface area contributed by atoms with Crippen molar-refractivity contribution in [3.63, 3.8) is 0 Å². The van der Waals surface area contributed by atoms with Gasteiger partial charge < -0.3 is 10.2 Å². The van der Waals surface area contributed by atoms with Crippen molar-refractivity contribution in [1.29, 1.82) is 0 Å². The quantitative estimate of drug-likeness (QED) is 0.737. The Labute approximate surface area is 170 Å². The fourth-order valence-corrected chi connectivity index (χ4v) is 3.86. The van der Waals surface area contributed by atoms with Gasteiger partial charge in [0.05, 0.1) is 23.1 Å². The van der Waals surface area contributed by atoms with Gasteiger partial charge in [-0.3, -0.25) is 14.5 Å². The van der Waals surface area contributed by atoms with Gasteiger partial charge in [-0.15, -0.1) is 0 Å². The molecule has 4 rings (SSSR count). The first-order valence-electron chi connectivity index (χ1n) is 9.96. The van der Waals surface area contributed by atoms with E-state index in [-0.39, 0.29) is 11.8 Å². The minimum absolute atomic E-state index is 0.0594. The van der Waals surface area contributed by atoms with Gasteiger partial charge in [-0.05, 0) is 51.0 Å². The van der Waals surface area contributed by atoms with Crippen molar-refractivity contribution in [2.24, 2.45) is 7.05 Å². The van der Waals surface area contributed by atoms with Crippen molar-refractivity contribution in [3.05, 3.63) is 65.4 Å². The number of anilines is 2. The molecule has 1 N–H and O–H groups in total. The van der Waals surface area contributed by atoms with Gasteiger partial charge in [-0.1, -0.05) is 6.07 Å². The smallest absolute Gasteiger partial charge is 0.257 e. The molecule has 1 amide bonds. The third-order valence-corrected chi connectivity index (χ3v) is 5.32. The van der Waals surface area contributed by atoms with E-state index in [1.54, 1.807) is 10.9 Å². The lowest BCUT2D eigenvalue weighted by Gasteiger charge is -2.32. The van der Waals surface area contributed by atoms with E-state index in [1.165, 1.54) is 0 Å². The second-order valence-electron chi connectivity index (χ2n) is 7.65. The topological polar surface area (TPSA) is 75.9 Å². The molecule has 0 spiro atoms. The summed E-state index contributed by atoms with van der Waals surface area (Å²) in [7, 11) is 1.84. The summed E-state index contributed by atoms with van der Waals surface area (Å²) in [5, 5.41) is 7.58. The van der Waals surface area contributed by atoms with Gasteiger partial charge in [0.15, 0.2) is 0 Å². The predicted molar refractivity (Wildman–Crippen MR) is 112 cm³/mol. The number of amides is 1. The maximum absolute atomic E-state index is 12.9. The van der Waals surface area contributed by atoms with Crippen LogP contribution in [-0.4, -0.2) is 43.6 Å². The highest BCUT2D eigenvalue weighted by Gasteiger charge is 2.27. The number of carbonyl (C=O) groups excluding carboxylic acids is 1. The molecule has 0 aromatic carbocycles. The summed E-state index contributed by atoms with van der Waals surface area (Å²) >= 11 is 0. The van der Waals surface area contributed by atoms with Gasteiger partial charge in [0, 0.05) is 43.6 Å². The Bertz CT molecular complexity index is 1010. The number of carbonyl (C=O) groups is 1. The summed E-state index contributed by atoms with van der Waals surface area (Å²) in [6.45, 7) is 5.31. The summed E-state index contributed by atoms with van der Waals surface area (Å²) in [5.41, 5.74) is 4.36. The van der Waals surface area contributed by atoms with Crippen molar-refractivity contribution < 1.29 is 4.79 Å². The minimum Gasteiger partial charge on any atom is -0.339 e. The molecule has 3 aromatic heterocycles. The number of pyridine rings is 2. The van der Waals surface area contributed by atoms with Gasteiger partial charge in [0.2, 0.25) is 0 Å². The fourth-order valence-electron chi connectivity index (χ4n) is 3.86. The number of nitrogens with one attached hydrogen (secondary N) is 1. The first-order valence-corrected chi connectivity index (χ1v) is 9.96. The van der Waals surface area contributed by atoms with Gasteiger partial charge in [0.1, 0.15) is 5.82 Å². The molecule has 4 heterocycles. The number of hydrogen-bond acceptors (Lipinski definition) is 5. The predicted octanol–water partition coefficient (Wildman–Crippen LogP) is 3.59. The number of piperidine rings is 1. The summed E-state index contributed by atoms with van der Waals surface area (Å²) in [6, 6.07) is 9.95. The van der Waals surface area contributed by atoms with Crippen molar-refractivity contribution in [2.45, 2.75) is 32.6 Å². The molecule has 0 unspecified atom stereocenters. The van der Waals surface area contributed by atoms with Crippen LogP contribution in [0.4, 0.5) is 11.5 Å². The lowest BCUT2D eigenvalue weighted by Crippen LogP contribution is -2.39. The molecule has 1 aliphatic rings. The Balaban J connectivity index is 1.44. The monoisotopic (exact) mass is 390 g/mol. The Morgan fingerprint density at radius 1 is 1.21 bits per heavy atom. The van der Waals surface area contributed by atoms with Crippen LogP contribution in [0.5, 0.6) is 0 Å². The van der Waals surface area contributed by atoms with Gasteiger partial charge >= 0.3 is 0 Å². The molecule has 7 nitrogen and oxygen atoms in total. The number of likely N-dealkylation sites (tertiary alicyclic amines) is 1. The van der Waals surface area contributed by atoms with E-state index >= 15 is 0 Å².